The summed E-state index contributed by atoms with van der Waals surface area (Å²) < 4.78 is 13.4. The molecule has 1 N–H and O–H groups in total. The van der Waals surface area contributed by atoms with Crippen molar-refractivity contribution in [3.05, 3.63) is 67.0 Å². The Hall–Kier alpha value is -3.35. The van der Waals surface area contributed by atoms with Crippen LogP contribution in [0.25, 0.3) is 10.9 Å². The molecule has 0 aliphatic carbocycles. The van der Waals surface area contributed by atoms with Crippen molar-refractivity contribution in [2.45, 2.75) is 12.3 Å². The topological polar surface area (TPSA) is 71.0 Å². The molecule has 0 saturated carbocycles. The number of rotatable bonds is 4. The fourth-order valence-corrected chi connectivity index (χ4v) is 3.41. The number of nitrogens with one attached hydrogen (secondary N) is 1. The fourth-order valence-electron chi connectivity index (χ4n) is 3.41. The monoisotopic (exact) mass is 363 g/mol. The summed E-state index contributed by atoms with van der Waals surface area (Å²) in [6.07, 6.45) is 5.48. The normalized spacial score (nSPS) is 15.3. The molecular formula is C20H18FN5O. The minimum Gasteiger partial charge on any atom is -0.338 e. The van der Waals surface area contributed by atoms with Gasteiger partial charge in [0.1, 0.15) is 18.0 Å². The first-order valence-corrected chi connectivity index (χ1v) is 8.53. The number of hydrogen-bond acceptors (Lipinski definition) is 5. The minimum atomic E-state index is -0.423. The average Bonchev–Trinajstić information content (AvgIpc) is 2.65. The summed E-state index contributed by atoms with van der Waals surface area (Å²) in [5, 5.41) is 3.93. The van der Waals surface area contributed by atoms with E-state index in [1.165, 1.54) is 24.7 Å². The summed E-state index contributed by atoms with van der Waals surface area (Å²) >= 11 is 0. The van der Waals surface area contributed by atoms with Gasteiger partial charge >= 0.3 is 0 Å². The van der Waals surface area contributed by atoms with Gasteiger partial charge in [0, 0.05) is 30.0 Å². The number of amides is 1. The van der Waals surface area contributed by atoms with Crippen LogP contribution in [-0.2, 0) is 10.2 Å². The molecule has 1 aliphatic heterocycles. The zero-order valence-electron chi connectivity index (χ0n) is 14.8. The Labute approximate surface area is 155 Å². The zero-order chi connectivity index (χ0) is 19.0. The second-order valence-electron chi connectivity index (χ2n) is 6.93. The summed E-state index contributed by atoms with van der Waals surface area (Å²) in [5.74, 6) is 0.0989. The van der Waals surface area contributed by atoms with Gasteiger partial charge in [0.15, 0.2) is 0 Å². The van der Waals surface area contributed by atoms with E-state index in [-0.39, 0.29) is 11.3 Å². The molecule has 0 unspecified atom stereocenters. The molecule has 1 aromatic carbocycles. The first-order valence-electron chi connectivity index (χ1n) is 8.53. The first kappa shape index (κ1) is 17.1. The van der Waals surface area contributed by atoms with Crippen molar-refractivity contribution < 1.29 is 9.18 Å². The molecule has 0 spiro atoms. The van der Waals surface area contributed by atoms with Gasteiger partial charge in [-0.3, -0.25) is 9.78 Å². The zero-order valence-corrected chi connectivity index (χ0v) is 14.8. The van der Waals surface area contributed by atoms with Crippen molar-refractivity contribution in [2.75, 3.05) is 18.4 Å². The molecule has 3 aromatic rings. The van der Waals surface area contributed by atoms with Crippen molar-refractivity contribution in [3.63, 3.8) is 0 Å². The Balaban J connectivity index is 1.68. The third-order valence-electron chi connectivity index (χ3n) is 4.87. The maximum atomic E-state index is 13.4. The van der Waals surface area contributed by atoms with E-state index >= 15 is 0 Å². The highest BCUT2D eigenvalue weighted by Gasteiger charge is 2.41. The molecule has 0 radical (unpaired) electrons. The van der Waals surface area contributed by atoms with Crippen molar-refractivity contribution in [1.29, 1.82) is 0 Å². The molecule has 2 aromatic heterocycles. The molecule has 0 atom stereocenters. The van der Waals surface area contributed by atoms with E-state index in [9.17, 15) is 9.18 Å². The van der Waals surface area contributed by atoms with E-state index in [0.29, 0.717) is 24.6 Å². The molecule has 1 fully saturated rings. The van der Waals surface area contributed by atoms with Crippen molar-refractivity contribution in [2.24, 2.45) is 0 Å². The molecule has 0 bridgehead atoms. The highest BCUT2D eigenvalue weighted by molar-refractivity contribution is 5.91. The fraction of sp³-hybridized carbons (Fsp3) is 0.200. The number of likely N-dealkylation sites (tertiary alicyclic amines) is 1. The van der Waals surface area contributed by atoms with Crippen LogP contribution in [0, 0.1) is 5.82 Å². The van der Waals surface area contributed by atoms with Crippen LogP contribution in [0.1, 0.15) is 12.5 Å². The van der Waals surface area contributed by atoms with E-state index in [1.807, 2.05) is 18.2 Å². The predicted octanol–water partition coefficient (Wildman–Crippen LogP) is 3.19. The van der Waals surface area contributed by atoms with Gasteiger partial charge in [-0.1, -0.05) is 19.6 Å². The van der Waals surface area contributed by atoms with Gasteiger partial charge < -0.3 is 10.2 Å². The smallest absolute Gasteiger partial charge is 0.246 e. The Kier molecular flexibility index (Phi) is 4.07. The summed E-state index contributed by atoms with van der Waals surface area (Å²) in [5.41, 5.74) is 2.25. The second-order valence-corrected chi connectivity index (χ2v) is 6.93. The Morgan fingerprint density at radius 2 is 2.11 bits per heavy atom. The van der Waals surface area contributed by atoms with Gasteiger partial charge in [0.2, 0.25) is 5.91 Å². The molecule has 7 heteroatoms. The highest BCUT2D eigenvalue weighted by atomic mass is 19.1. The van der Waals surface area contributed by atoms with Crippen LogP contribution >= 0.6 is 0 Å². The van der Waals surface area contributed by atoms with Crippen LogP contribution < -0.4 is 5.32 Å². The lowest BCUT2D eigenvalue weighted by molar-refractivity contribution is -0.133. The Morgan fingerprint density at radius 3 is 2.85 bits per heavy atom. The van der Waals surface area contributed by atoms with E-state index in [2.05, 4.69) is 33.8 Å². The van der Waals surface area contributed by atoms with Crippen LogP contribution in [0.5, 0.6) is 0 Å². The number of carbonyl (C=O) groups is 1. The number of anilines is 2. The van der Waals surface area contributed by atoms with E-state index in [1.54, 1.807) is 4.90 Å². The molecule has 27 heavy (non-hydrogen) atoms. The van der Waals surface area contributed by atoms with E-state index in [4.69, 9.17) is 0 Å². The minimum absolute atomic E-state index is 0.0578. The number of pyridine rings is 1. The summed E-state index contributed by atoms with van der Waals surface area (Å²) in [6, 6.07) is 7.35. The standard InChI is InChI=1S/C20H18FN5O/c1-3-18(27)26-10-20(2,11-26)13-4-5-17-16(6-13)19(24-12-23-17)25-15-7-14(21)8-22-9-15/h3-9,12H,1,10-11H2,2H3,(H,23,24,25). The molecular weight excluding hydrogens is 345 g/mol. The Morgan fingerprint density at radius 1 is 1.30 bits per heavy atom. The maximum absolute atomic E-state index is 13.4. The maximum Gasteiger partial charge on any atom is 0.246 e. The number of halogens is 1. The number of fused-ring (bicyclic) bond motifs is 1. The molecule has 1 aliphatic rings. The summed E-state index contributed by atoms with van der Waals surface area (Å²) in [7, 11) is 0. The van der Waals surface area contributed by atoms with Gasteiger partial charge in [0.25, 0.3) is 0 Å². The number of carbonyl (C=O) groups excluding carboxylic acids is 1. The van der Waals surface area contributed by atoms with Crippen LogP contribution in [0.3, 0.4) is 0 Å². The lowest BCUT2D eigenvalue weighted by Crippen LogP contribution is -2.59. The predicted molar refractivity (Wildman–Crippen MR) is 101 cm³/mol. The second kappa shape index (κ2) is 6.42. The Bertz CT molecular complexity index is 1050. The molecule has 1 amide bonds. The number of benzene rings is 1. The first-order chi connectivity index (χ1) is 13.0. The lowest BCUT2D eigenvalue weighted by Gasteiger charge is -2.48. The summed E-state index contributed by atoms with van der Waals surface area (Å²) in [4.78, 5) is 26.0. The number of hydrogen-bond donors (Lipinski definition) is 1. The third kappa shape index (κ3) is 3.12. The summed E-state index contributed by atoms with van der Waals surface area (Å²) in [6.45, 7) is 6.92. The molecule has 4 rings (SSSR count). The van der Waals surface area contributed by atoms with Gasteiger partial charge in [-0.15, -0.1) is 0 Å². The van der Waals surface area contributed by atoms with Crippen molar-refractivity contribution >= 4 is 28.3 Å². The largest absolute Gasteiger partial charge is 0.338 e. The third-order valence-corrected chi connectivity index (χ3v) is 4.87. The van der Waals surface area contributed by atoms with Crippen molar-refractivity contribution in [3.8, 4) is 0 Å². The van der Waals surface area contributed by atoms with Gasteiger partial charge in [-0.05, 0) is 23.8 Å². The van der Waals surface area contributed by atoms with Crippen LogP contribution in [-0.4, -0.2) is 38.8 Å². The number of nitrogens with zero attached hydrogens (tertiary/aromatic N) is 4. The van der Waals surface area contributed by atoms with Crippen LogP contribution in [0.2, 0.25) is 0 Å². The van der Waals surface area contributed by atoms with Gasteiger partial charge in [0.05, 0.1) is 23.6 Å². The lowest BCUT2D eigenvalue weighted by atomic mass is 9.75. The quantitative estimate of drug-likeness (QED) is 0.721. The van der Waals surface area contributed by atoms with Crippen LogP contribution in [0.4, 0.5) is 15.9 Å². The van der Waals surface area contributed by atoms with Gasteiger partial charge in [-0.2, -0.15) is 0 Å². The van der Waals surface area contributed by atoms with Crippen LogP contribution in [0.15, 0.2) is 55.6 Å². The average molecular weight is 363 g/mol. The SMILES string of the molecule is C=CC(=O)N1CC(C)(c2ccc3ncnc(Nc4cncc(F)c4)c3c2)C1. The highest BCUT2D eigenvalue weighted by Crippen LogP contribution is 2.36. The molecule has 136 valence electrons. The van der Waals surface area contributed by atoms with Crippen molar-refractivity contribution in [1.82, 2.24) is 19.9 Å². The number of aromatic nitrogens is 3. The molecule has 1 saturated heterocycles. The van der Waals surface area contributed by atoms with E-state index in [0.717, 1.165) is 22.7 Å². The molecule has 3 heterocycles. The van der Waals surface area contributed by atoms with E-state index < -0.39 is 5.82 Å². The van der Waals surface area contributed by atoms with Gasteiger partial charge in [-0.25, -0.2) is 14.4 Å². The molecule has 6 nitrogen and oxygen atoms in total.